The maximum atomic E-state index is 11.9. The van der Waals surface area contributed by atoms with Crippen LogP contribution in [-0.2, 0) is 20.9 Å². The largest absolute Gasteiger partial charge is 0.350 e. The topological polar surface area (TPSA) is 113 Å². The van der Waals surface area contributed by atoms with Crippen LogP contribution in [0, 0.1) is 5.92 Å². The molecular weight excluding hydrogens is 296 g/mol. The SMILES string of the molecule is CCC(C)C(=O)Nc1cccc(CNC(=O)CNC(=O)CN)c1. The van der Waals surface area contributed by atoms with Crippen LogP contribution in [0.5, 0.6) is 0 Å². The van der Waals surface area contributed by atoms with Crippen LogP contribution in [0.25, 0.3) is 0 Å². The van der Waals surface area contributed by atoms with Gasteiger partial charge in [0.15, 0.2) is 0 Å². The number of carbonyl (C=O) groups is 3. The van der Waals surface area contributed by atoms with Crippen LogP contribution in [-0.4, -0.2) is 30.8 Å². The first kappa shape index (κ1) is 18.6. The lowest BCUT2D eigenvalue weighted by Crippen LogP contribution is -2.39. The van der Waals surface area contributed by atoms with Crippen LogP contribution in [0.1, 0.15) is 25.8 Å². The van der Waals surface area contributed by atoms with Gasteiger partial charge in [0, 0.05) is 18.2 Å². The summed E-state index contributed by atoms with van der Waals surface area (Å²) in [5, 5.41) is 7.92. The van der Waals surface area contributed by atoms with E-state index in [0.29, 0.717) is 12.2 Å². The molecule has 1 aromatic carbocycles. The van der Waals surface area contributed by atoms with Crippen molar-refractivity contribution in [2.75, 3.05) is 18.4 Å². The van der Waals surface area contributed by atoms with Gasteiger partial charge >= 0.3 is 0 Å². The molecule has 0 fully saturated rings. The van der Waals surface area contributed by atoms with E-state index in [1.807, 2.05) is 26.0 Å². The summed E-state index contributed by atoms with van der Waals surface area (Å²) in [5.74, 6) is -0.765. The van der Waals surface area contributed by atoms with Gasteiger partial charge in [0.2, 0.25) is 17.7 Å². The van der Waals surface area contributed by atoms with Gasteiger partial charge in [-0.25, -0.2) is 0 Å². The molecule has 1 aromatic rings. The van der Waals surface area contributed by atoms with Crippen LogP contribution in [0.4, 0.5) is 5.69 Å². The number of carbonyl (C=O) groups excluding carboxylic acids is 3. The molecule has 7 nitrogen and oxygen atoms in total. The lowest BCUT2D eigenvalue weighted by molar-refractivity contribution is -0.125. The number of amides is 3. The van der Waals surface area contributed by atoms with Gasteiger partial charge in [-0.2, -0.15) is 0 Å². The number of anilines is 1. The summed E-state index contributed by atoms with van der Waals surface area (Å²) in [6.45, 7) is 3.88. The van der Waals surface area contributed by atoms with Crippen LogP contribution in [0.15, 0.2) is 24.3 Å². The molecule has 5 N–H and O–H groups in total. The summed E-state index contributed by atoms with van der Waals surface area (Å²) in [7, 11) is 0. The summed E-state index contributed by atoms with van der Waals surface area (Å²) >= 11 is 0. The molecule has 0 aliphatic heterocycles. The smallest absolute Gasteiger partial charge is 0.239 e. The van der Waals surface area contributed by atoms with Gasteiger partial charge in [-0.05, 0) is 24.1 Å². The average Bonchev–Trinajstić information content (AvgIpc) is 2.57. The number of benzene rings is 1. The Balaban J connectivity index is 2.49. The second-order valence-electron chi connectivity index (χ2n) is 5.26. The van der Waals surface area contributed by atoms with Crippen molar-refractivity contribution in [2.45, 2.75) is 26.8 Å². The van der Waals surface area contributed by atoms with E-state index in [0.717, 1.165) is 12.0 Å². The zero-order valence-electron chi connectivity index (χ0n) is 13.5. The molecule has 3 amide bonds. The molecule has 0 radical (unpaired) electrons. The van der Waals surface area contributed by atoms with Crippen LogP contribution >= 0.6 is 0 Å². The summed E-state index contributed by atoms with van der Waals surface area (Å²) in [6, 6.07) is 7.26. The van der Waals surface area contributed by atoms with Crippen molar-refractivity contribution >= 4 is 23.4 Å². The Hall–Kier alpha value is -2.41. The molecule has 0 aliphatic carbocycles. The zero-order chi connectivity index (χ0) is 17.2. The monoisotopic (exact) mass is 320 g/mol. The van der Waals surface area contributed by atoms with Gasteiger partial charge in [-0.1, -0.05) is 26.0 Å². The highest BCUT2D eigenvalue weighted by atomic mass is 16.2. The molecule has 0 bridgehead atoms. The van der Waals surface area contributed by atoms with Gasteiger partial charge in [-0.15, -0.1) is 0 Å². The van der Waals surface area contributed by atoms with Crippen molar-refractivity contribution in [2.24, 2.45) is 11.7 Å². The predicted molar refractivity (Wildman–Crippen MR) is 88.4 cm³/mol. The minimum atomic E-state index is -0.380. The standard InChI is InChI=1S/C16H24N4O3/c1-3-11(2)16(23)20-13-6-4-5-12(7-13)9-18-15(22)10-19-14(21)8-17/h4-7,11H,3,8-10,17H2,1-2H3,(H,18,22)(H,19,21)(H,20,23). The summed E-state index contributed by atoms with van der Waals surface area (Å²) in [5.41, 5.74) is 6.68. The quantitative estimate of drug-likeness (QED) is 0.554. The molecule has 0 aromatic heterocycles. The normalized spacial score (nSPS) is 11.4. The fourth-order valence-corrected chi connectivity index (χ4v) is 1.72. The van der Waals surface area contributed by atoms with Crippen LogP contribution < -0.4 is 21.7 Å². The van der Waals surface area contributed by atoms with E-state index in [2.05, 4.69) is 16.0 Å². The second-order valence-corrected chi connectivity index (χ2v) is 5.26. The number of hydrogen-bond acceptors (Lipinski definition) is 4. The molecule has 0 heterocycles. The first-order valence-corrected chi connectivity index (χ1v) is 7.59. The van der Waals surface area contributed by atoms with E-state index < -0.39 is 0 Å². The van der Waals surface area contributed by atoms with E-state index in [-0.39, 0.29) is 36.7 Å². The molecular formula is C16H24N4O3. The van der Waals surface area contributed by atoms with Gasteiger partial charge < -0.3 is 21.7 Å². The molecule has 1 rings (SSSR count). The number of nitrogens with one attached hydrogen (secondary N) is 3. The van der Waals surface area contributed by atoms with Crippen molar-refractivity contribution in [3.05, 3.63) is 29.8 Å². The lowest BCUT2D eigenvalue weighted by atomic mass is 10.1. The lowest BCUT2D eigenvalue weighted by Gasteiger charge is -2.11. The highest BCUT2D eigenvalue weighted by molar-refractivity contribution is 5.92. The van der Waals surface area contributed by atoms with E-state index in [1.54, 1.807) is 12.1 Å². The summed E-state index contributed by atoms with van der Waals surface area (Å²) in [6.07, 6.45) is 0.774. The van der Waals surface area contributed by atoms with Crippen LogP contribution in [0.3, 0.4) is 0 Å². The van der Waals surface area contributed by atoms with Gasteiger partial charge in [0.1, 0.15) is 0 Å². The fourth-order valence-electron chi connectivity index (χ4n) is 1.72. The Kier molecular flexibility index (Phi) is 7.76. The first-order valence-electron chi connectivity index (χ1n) is 7.59. The maximum absolute atomic E-state index is 11.9. The first-order chi connectivity index (χ1) is 11.0. The molecule has 0 spiro atoms. The van der Waals surface area contributed by atoms with E-state index >= 15 is 0 Å². The maximum Gasteiger partial charge on any atom is 0.239 e. The summed E-state index contributed by atoms with van der Waals surface area (Å²) in [4.78, 5) is 34.4. The van der Waals surface area contributed by atoms with Gasteiger partial charge in [-0.3, -0.25) is 14.4 Å². The third-order valence-electron chi connectivity index (χ3n) is 3.38. The third-order valence-corrected chi connectivity index (χ3v) is 3.38. The zero-order valence-corrected chi connectivity index (χ0v) is 13.5. The van der Waals surface area contributed by atoms with Crippen molar-refractivity contribution < 1.29 is 14.4 Å². The Bertz CT molecular complexity index is 560. The van der Waals surface area contributed by atoms with E-state index in [9.17, 15) is 14.4 Å². The predicted octanol–water partition coefficient (Wildman–Crippen LogP) is 0.362. The minimum Gasteiger partial charge on any atom is -0.350 e. The minimum absolute atomic E-state index is 0.0295. The Morgan fingerprint density at radius 3 is 2.57 bits per heavy atom. The fraction of sp³-hybridized carbons (Fsp3) is 0.438. The second kappa shape index (κ2) is 9.58. The van der Waals surface area contributed by atoms with Crippen molar-refractivity contribution in [3.63, 3.8) is 0 Å². The van der Waals surface area contributed by atoms with Crippen LogP contribution in [0.2, 0.25) is 0 Å². The number of rotatable bonds is 8. The third kappa shape index (κ3) is 6.92. The van der Waals surface area contributed by atoms with Crippen molar-refractivity contribution in [3.8, 4) is 0 Å². The molecule has 1 atom stereocenters. The van der Waals surface area contributed by atoms with E-state index in [1.165, 1.54) is 0 Å². The highest BCUT2D eigenvalue weighted by Gasteiger charge is 2.10. The molecule has 0 saturated heterocycles. The Labute approximate surface area is 136 Å². The Morgan fingerprint density at radius 1 is 1.17 bits per heavy atom. The number of hydrogen-bond donors (Lipinski definition) is 4. The highest BCUT2D eigenvalue weighted by Crippen LogP contribution is 2.13. The molecule has 23 heavy (non-hydrogen) atoms. The van der Waals surface area contributed by atoms with E-state index in [4.69, 9.17) is 5.73 Å². The Morgan fingerprint density at radius 2 is 1.91 bits per heavy atom. The molecule has 126 valence electrons. The molecule has 1 unspecified atom stereocenters. The van der Waals surface area contributed by atoms with Crippen molar-refractivity contribution in [1.29, 1.82) is 0 Å². The van der Waals surface area contributed by atoms with Gasteiger partial charge in [0.25, 0.3) is 0 Å². The van der Waals surface area contributed by atoms with Crippen molar-refractivity contribution in [1.82, 2.24) is 10.6 Å². The summed E-state index contributed by atoms with van der Waals surface area (Å²) < 4.78 is 0. The molecule has 7 heteroatoms. The average molecular weight is 320 g/mol. The number of nitrogens with two attached hydrogens (primary N) is 1. The molecule has 0 aliphatic rings. The molecule has 0 saturated carbocycles. The van der Waals surface area contributed by atoms with Gasteiger partial charge in [0.05, 0.1) is 13.1 Å².